The Morgan fingerprint density at radius 3 is 2.47 bits per heavy atom. The molecule has 1 aromatic carbocycles. The number of benzene rings is 1. The molecule has 5 heteroatoms. The molecule has 0 heterocycles. The van der Waals surface area contributed by atoms with Crippen LogP contribution >= 0.6 is 0 Å². The summed E-state index contributed by atoms with van der Waals surface area (Å²) in [5.74, 6) is -0.685. The van der Waals surface area contributed by atoms with E-state index < -0.39 is 17.8 Å². The molecule has 0 spiro atoms. The van der Waals surface area contributed by atoms with E-state index in [1.165, 1.54) is 6.07 Å². The van der Waals surface area contributed by atoms with E-state index in [0.717, 1.165) is 0 Å². The Morgan fingerprint density at radius 1 is 1.42 bits per heavy atom. The number of nitrogens with two attached hydrogens (primary N) is 1. The van der Waals surface area contributed by atoms with Gasteiger partial charge in [-0.3, -0.25) is 4.79 Å². The van der Waals surface area contributed by atoms with Crippen LogP contribution in [0.2, 0.25) is 0 Å². The van der Waals surface area contributed by atoms with Crippen LogP contribution in [0, 0.1) is 11.7 Å². The number of carbonyl (C=O) groups is 1. The van der Waals surface area contributed by atoms with Gasteiger partial charge in [0.2, 0.25) is 5.91 Å². The lowest BCUT2D eigenvalue weighted by Gasteiger charge is -2.26. The van der Waals surface area contributed by atoms with Crippen molar-refractivity contribution in [3.8, 4) is 0 Å². The van der Waals surface area contributed by atoms with Crippen LogP contribution in [0.5, 0.6) is 0 Å². The van der Waals surface area contributed by atoms with Crippen molar-refractivity contribution in [3.05, 3.63) is 29.6 Å². The molecule has 1 rings (SSSR count). The van der Waals surface area contributed by atoms with E-state index in [1.807, 2.05) is 13.8 Å². The van der Waals surface area contributed by atoms with E-state index in [4.69, 9.17) is 5.73 Å². The molecular formula is C14H21FN2O2. The Kier molecular flexibility index (Phi) is 5.30. The summed E-state index contributed by atoms with van der Waals surface area (Å²) in [6.45, 7) is 6.05. The Bertz CT molecular complexity index is 447. The SMILES string of the molecule is CC(C)CN(CC(N)=O)c1ccc(C(C)O)cc1F. The van der Waals surface area contributed by atoms with Gasteiger partial charge in [-0.1, -0.05) is 19.9 Å². The largest absolute Gasteiger partial charge is 0.389 e. The summed E-state index contributed by atoms with van der Waals surface area (Å²) in [6, 6.07) is 4.51. The highest BCUT2D eigenvalue weighted by Crippen LogP contribution is 2.24. The second-order valence-corrected chi connectivity index (χ2v) is 5.13. The maximum atomic E-state index is 14.1. The van der Waals surface area contributed by atoms with Crippen molar-refractivity contribution in [2.75, 3.05) is 18.0 Å². The minimum absolute atomic E-state index is 0.0247. The second-order valence-electron chi connectivity index (χ2n) is 5.13. The van der Waals surface area contributed by atoms with E-state index in [-0.39, 0.29) is 12.5 Å². The molecule has 0 bridgehead atoms. The first kappa shape index (κ1) is 15.4. The molecule has 3 N–H and O–H groups in total. The lowest BCUT2D eigenvalue weighted by atomic mass is 10.1. The molecule has 0 fully saturated rings. The van der Waals surface area contributed by atoms with Crippen molar-refractivity contribution in [2.45, 2.75) is 26.9 Å². The number of anilines is 1. The number of rotatable bonds is 6. The van der Waals surface area contributed by atoms with Crippen molar-refractivity contribution < 1.29 is 14.3 Å². The topological polar surface area (TPSA) is 66.6 Å². The Hall–Kier alpha value is -1.62. The van der Waals surface area contributed by atoms with Crippen molar-refractivity contribution >= 4 is 11.6 Å². The van der Waals surface area contributed by atoms with Crippen LogP contribution in [0.3, 0.4) is 0 Å². The van der Waals surface area contributed by atoms with Crippen molar-refractivity contribution in [2.24, 2.45) is 11.7 Å². The molecule has 0 saturated heterocycles. The minimum atomic E-state index is -0.724. The summed E-state index contributed by atoms with van der Waals surface area (Å²) in [7, 11) is 0. The maximum absolute atomic E-state index is 14.1. The van der Waals surface area contributed by atoms with Gasteiger partial charge >= 0.3 is 0 Å². The van der Waals surface area contributed by atoms with Crippen molar-refractivity contribution in [3.63, 3.8) is 0 Å². The molecule has 1 aromatic rings. The second kappa shape index (κ2) is 6.52. The third-order valence-electron chi connectivity index (χ3n) is 2.73. The predicted octanol–water partition coefficient (Wildman–Crippen LogP) is 1.83. The first-order valence-electron chi connectivity index (χ1n) is 6.32. The summed E-state index contributed by atoms with van der Waals surface area (Å²) in [5, 5.41) is 9.41. The van der Waals surface area contributed by atoms with E-state index in [9.17, 15) is 14.3 Å². The number of amides is 1. The zero-order valence-corrected chi connectivity index (χ0v) is 11.6. The van der Waals surface area contributed by atoms with Crippen LogP contribution in [0.4, 0.5) is 10.1 Å². The van der Waals surface area contributed by atoms with E-state index in [1.54, 1.807) is 24.0 Å². The number of halogens is 1. The molecule has 0 saturated carbocycles. The highest BCUT2D eigenvalue weighted by Gasteiger charge is 2.16. The molecule has 1 amide bonds. The van der Waals surface area contributed by atoms with Gasteiger partial charge in [0.05, 0.1) is 18.3 Å². The van der Waals surface area contributed by atoms with Gasteiger partial charge in [-0.25, -0.2) is 4.39 Å². The third-order valence-corrected chi connectivity index (χ3v) is 2.73. The fraction of sp³-hybridized carbons (Fsp3) is 0.500. The van der Waals surface area contributed by atoms with Crippen LogP contribution in [0.25, 0.3) is 0 Å². The monoisotopic (exact) mass is 268 g/mol. The summed E-state index contributed by atoms with van der Waals surface area (Å²) in [4.78, 5) is 12.7. The van der Waals surface area contributed by atoms with Gasteiger partial charge in [-0.05, 0) is 30.5 Å². The Labute approximate surface area is 113 Å². The van der Waals surface area contributed by atoms with Gasteiger partial charge in [-0.15, -0.1) is 0 Å². The fourth-order valence-electron chi connectivity index (χ4n) is 1.92. The quantitative estimate of drug-likeness (QED) is 0.827. The predicted molar refractivity (Wildman–Crippen MR) is 73.3 cm³/mol. The van der Waals surface area contributed by atoms with Crippen LogP contribution in [0.15, 0.2) is 18.2 Å². The molecule has 106 valence electrons. The van der Waals surface area contributed by atoms with Gasteiger partial charge < -0.3 is 15.7 Å². The van der Waals surface area contributed by atoms with E-state index in [2.05, 4.69) is 0 Å². The molecule has 1 atom stereocenters. The van der Waals surface area contributed by atoms with Gasteiger partial charge in [0.25, 0.3) is 0 Å². The average Bonchev–Trinajstić information content (AvgIpc) is 2.26. The zero-order valence-electron chi connectivity index (χ0n) is 11.6. The average molecular weight is 268 g/mol. The van der Waals surface area contributed by atoms with E-state index >= 15 is 0 Å². The Morgan fingerprint density at radius 2 is 2.05 bits per heavy atom. The van der Waals surface area contributed by atoms with Crippen LogP contribution < -0.4 is 10.6 Å². The highest BCUT2D eigenvalue weighted by atomic mass is 19.1. The number of aliphatic hydroxyl groups is 1. The number of hydrogen-bond donors (Lipinski definition) is 2. The maximum Gasteiger partial charge on any atom is 0.236 e. The molecule has 0 aromatic heterocycles. The molecule has 0 aliphatic heterocycles. The van der Waals surface area contributed by atoms with Crippen molar-refractivity contribution in [1.82, 2.24) is 0 Å². The fourth-order valence-corrected chi connectivity index (χ4v) is 1.92. The van der Waals surface area contributed by atoms with Crippen LogP contribution in [0.1, 0.15) is 32.4 Å². The zero-order chi connectivity index (χ0) is 14.6. The van der Waals surface area contributed by atoms with Crippen LogP contribution in [-0.2, 0) is 4.79 Å². The minimum Gasteiger partial charge on any atom is -0.389 e. The Balaban J connectivity index is 3.04. The molecular weight excluding hydrogens is 247 g/mol. The molecule has 0 aliphatic carbocycles. The van der Waals surface area contributed by atoms with Gasteiger partial charge in [0.1, 0.15) is 5.82 Å². The number of hydrogen-bond acceptors (Lipinski definition) is 3. The summed E-state index contributed by atoms with van der Waals surface area (Å²) >= 11 is 0. The molecule has 1 unspecified atom stereocenters. The lowest BCUT2D eigenvalue weighted by Crippen LogP contribution is -2.36. The third kappa shape index (κ3) is 4.52. The van der Waals surface area contributed by atoms with E-state index in [0.29, 0.717) is 17.8 Å². The van der Waals surface area contributed by atoms with Crippen molar-refractivity contribution in [1.29, 1.82) is 0 Å². The molecule has 19 heavy (non-hydrogen) atoms. The summed E-state index contributed by atoms with van der Waals surface area (Å²) in [5.41, 5.74) is 6.03. The number of carbonyl (C=O) groups excluding carboxylic acids is 1. The molecule has 0 aliphatic rings. The normalized spacial score (nSPS) is 12.5. The summed E-state index contributed by atoms with van der Waals surface area (Å²) < 4.78 is 14.1. The first-order chi connectivity index (χ1) is 8.81. The molecule has 4 nitrogen and oxygen atoms in total. The van der Waals surface area contributed by atoms with Gasteiger partial charge in [-0.2, -0.15) is 0 Å². The molecule has 0 radical (unpaired) electrons. The first-order valence-corrected chi connectivity index (χ1v) is 6.32. The van der Waals surface area contributed by atoms with Gasteiger partial charge in [0, 0.05) is 6.54 Å². The lowest BCUT2D eigenvalue weighted by molar-refractivity contribution is -0.116. The van der Waals surface area contributed by atoms with Crippen LogP contribution in [-0.4, -0.2) is 24.1 Å². The summed E-state index contributed by atoms with van der Waals surface area (Å²) in [6.07, 6.45) is -0.724. The highest BCUT2D eigenvalue weighted by molar-refractivity contribution is 5.79. The number of nitrogens with zero attached hydrogens (tertiary/aromatic N) is 1. The number of aliphatic hydroxyl groups excluding tert-OH is 1. The smallest absolute Gasteiger partial charge is 0.236 e. The van der Waals surface area contributed by atoms with Gasteiger partial charge in [0.15, 0.2) is 0 Å². The standard InChI is InChI=1S/C14H21FN2O2/c1-9(2)7-17(8-14(16)19)13-5-4-11(10(3)18)6-12(13)15/h4-6,9-10,18H,7-8H2,1-3H3,(H2,16,19). The number of primary amides is 1.